The number of ether oxygens (including phenoxy) is 4. The predicted molar refractivity (Wildman–Crippen MR) is 103 cm³/mol. The molecule has 6 nitrogen and oxygen atoms in total. The standard InChI is InChI=1S/C21H28O6/c1-7-14(3)20(22)26-11-9-10-16-12-17(24-5)19(18(13-16)25-6)27-21(23)15(4)8-2/h7,9,11-13,15H,8,10H2,1-6H3/t15-/m0/s1. The smallest absolute Gasteiger partial charge is 0.338 e. The third-order valence-electron chi connectivity index (χ3n) is 4.12. The first-order valence-corrected chi connectivity index (χ1v) is 8.83. The Labute approximate surface area is 160 Å². The fourth-order valence-corrected chi connectivity index (χ4v) is 2.03. The Morgan fingerprint density at radius 1 is 1.15 bits per heavy atom. The minimum absolute atomic E-state index is 0.225. The summed E-state index contributed by atoms with van der Waals surface area (Å²) in [6.45, 7) is 7.18. The highest BCUT2D eigenvalue weighted by Crippen LogP contribution is 2.39. The van der Waals surface area contributed by atoms with E-state index in [2.05, 4.69) is 0 Å². The zero-order valence-electron chi connectivity index (χ0n) is 16.8. The third kappa shape index (κ3) is 6.47. The topological polar surface area (TPSA) is 71.1 Å². The summed E-state index contributed by atoms with van der Waals surface area (Å²) in [5.41, 5.74) is 1.39. The van der Waals surface area contributed by atoms with E-state index in [1.807, 2.05) is 6.92 Å². The maximum absolute atomic E-state index is 12.1. The highest BCUT2D eigenvalue weighted by Gasteiger charge is 2.20. The lowest BCUT2D eigenvalue weighted by Gasteiger charge is -2.16. The van der Waals surface area contributed by atoms with Crippen molar-refractivity contribution in [2.75, 3.05) is 14.2 Å². The molecule has 0 N–H and O–H groups in total. The van der Waals surface area contributed by atoms with Crippen molar-refractivity contribution in [2.45, 2.75) is 40.5 Å². The lowest BCUT2D eigenvalue weighted by atomic mass is 10.1. The van der Waals surface area contributed by atoms with Crippen molar-refractivity contribution in [3.05, 3.63) is 41.7 Å². The molecule has 0 saturated carbocycles. The molecule has 27 heavy (non-hydrogen) atoms. The zero-order chi connectivity index (χ0) is 20.4. The second kappa shape index (κ2) is 11.1. The number of esters is 2. The van der Waals surface area contributed by atoms with Crippen LogP contribution in [0.2, 0.25) is 0 Å². The van der Waals surface area contributed by atoms with Gasteiger partial charge in [0.2, 0.25) is 5.75 Å². The molecule has 0 unspecified atom stereocenters. The summed E-state index contributed by atoms with van der Waals surface area (Å²) < 4.78 is 21.2. The van der Waals surface area contributed by atoms with Crippen LogP contribution in [0.25, 0.3) is 0 Å². The number of allylic oxidation sites excluding steroid dienone is 2. The number of benzene rings is 1. The zero-order valence-corrected chi connectivity index (χ0v) is 16.8. The van der Waals surface area contributed by atoms with Gasteiger partial charge in [-0.05, 0) is 50.5 Å². The fraction of sp³-hybridized carbons (Fsp3) is 0.429. The van der Waals surface area contributed by atoms with E-state index in [1.165, 1.54) is 20.5 Å². The quantitative estimate of drug-likeness (QED) is 0.278. The van der Waals surface area contributed by atoms with Crippen molar-refractivity contribution in [2.24, 2.45) is 5.92 Å². The van der Waals surface area contributed by atoms with Crippen LogP contribution in [0, 0.1) is 5.92 Å². The summed E-state index contributed by atoms with van der Waals surface area (Å²) in [6, 6.07) is 3.51. The van der Waals surface area contributed by atoms with Gasteiger partial charge in [0.05, 0.1) is 26.4 Å². The van der Waals surface area contributed by atoms with Crippen LogP contribution >= 0.6 is 0 Å². The highest BCUT2D eigenvalue weighted by atomic mass is 16.6. The van der Waals surface area contributed by atoms with Crippen molar-refractivity contribution in [1.82, 2.24) is 0 Å². The van der Waals surface area contributed by atoms with Crippen LogP contribution in [0.15, 0.2) is 36.1 Å². The normalized spacial score (nSPS) is 12.6. The average Bonchev–Trinajstić information content (AvgIpc) is 2.69. The second-order valence-corrected chi connectivity index (χ2v) is 6.01. The van der Waals surface area contributed by atoms with E-state index in [9.17, 15) is 9.59 Å². The molecule has 0 aliphatic rings. The number of hydrogen-bond acceptors (Lipinski definition) is 6. The number of hydrogen-bond donors (Lipinski definition) is 0. The van der Waals surface area contributed by atoms with Gasteiger partial charge in [-0.25, -0.2) is 4.79 Å². The molecule has 1 aromatic rings. The van der Waals surface area contributed by atoms with Gasteiger partial charge < -0.3 is 18.9 Å². The van der Waals surface area contributed by atoms with E-state index in [-0.39, 0.29) is 17.6 Å². The molecule has 0 heterocycles. The number of methoxy groups -OCH3 is 2. The minimum atomic E-state index is -0.392. The van der Waals surface area contributed by atoms with Gasteiger partial charge in [-0.15, -0.1) is 0 Å². The Hall–Kier alpha value is -2.76. The van der Waals surface area contributed by atoms with E-state index in [0.717, 1.165) is 5.56 Å². The number of rotatable bonds is 9. The van der Waals surface area contributed by atoms with E-state index < -0.39 is 5.97 Å². The first-order valence-electron chi connectivity index (χ1n) is 8.83. The van der Waals surface area contributed by atoms with Crippen molar-refractivity contribution in [3.63, 3.8) is 0 Å². The predicted octanol–water partition coefficient (Wildman–Crippen LogP) is 4.22. The lowest BCUT2D eigenvalue weighted by Crippen LogP contribution is -2.17. The van der Waals surface area contributed by atoms with Crippen molar-refractivity contribution >= 4 is 11.9 Å². The van der Waals surface area contributed by atoms with Crippen LogP contribution in [0.4, 0.5) is 0 Å². The molecular weight excluding hydrogens is 348 g/mol. The highest BCUT2D eigenvalue weighted by molar-refractivity contribution is 5.88. The second-order valence-electron chi connectivity index (χ2n) is 6.01. The Kier molecular flexibility index (Phi) is 9.13. The summed E-state index contributed by atoms with van der Waals surface area (Å²) >= 11 is 0. The molecule has 0 radical (unpaired) electrons. The van der Waals surface area contributed by atoms with Gasteiger partial charge >= 0.3 is 11.9 Å². The Balaban J connectivity index is 2.95. The van der Waals surface area contributed by atoms with Gasteiger partial charge in [0.15, 0.2) is 11.5 Å². The van der Waals surface area contributed by atoms with Gasteiger partial charge in [-0.3, -0.25) is 4.79 Å². The van der Waals surface area contributed by atoms with Crippen molar-refractivity contribution in [3.8, 4) is 17.2 Å². The monoisotopic (exact) mass is 376 g/mol. The lowest BCUT2D eigenvalue weighted by molar-refractivity contribution is -0.138. The first kappa shape index (κ1) is 22.3. The first-order chi connectivity index (χ1) is 12.9. The largest absolute Gasteiger partial charge is 0.493 e. The summed E-state index contributed by atoms with van der Waals surface area (Å²) in [7, 11) is 2.99. The maximum atomic E-state index is 12.1. The molecule has 6 heteroatoms. The van der Waals surface area contributed by atoms with Crippen LogP contribution in [-0.4, -0.2) is 26.2 Å². The molecule has 0 fully saturated rings. The summed E-state index contributed by atoms with van der Waals surface area (Å²) in [5.74, 6) is 0.0991. The molecular formula is C21H28O6. The van der Waals surface area contributed by atoms with Crippen LogP contribution < -0.4 is 14.2 Å². The molecule has 1 aromatic carbocycles. The third-order valence-corrected chi connectivity index (χ3v) is 4.12. The van der Waals surface area contributed by atoms with Gasteiger partial charge in [0.25, 0.3) is 0 Å². The summed E-state index contributed by atoms with van der Waals surface area (Å²) in [6.07, 6.45) is 5.91. The Morgan fingerprint density at radius 2 is 1.74 bits per heavy atom. The van der Waals surface area contributed by atoms with E-state index in [0.29, 0.717) is 29.9 Å². The molecule has 1 atom stereocenters. The van der Waals surface area contributed by atoms with Crippen LogP contribution in [0.3, 0.4) is 0 Å². The van der Waals surface area contributed by atoms with Gasteiger partial charge in [0.1, 0.15) is 0 Å². The van der Waals surface area contributed by atoms with Crippen molar-refractivity contribution in [1.29, 1.82) is 0 Å². The number of carbonyl (C=O) groups is 2. The van der Waals surface area contributed by atoms with Crippen LogP contribution in [-0.2, 0) is 20.7 Å². The molecule has 0 spiro atoms. The van der Waals surface area contributed by atoms with Crippen LogP contribution in [0.5, 0.6) is 17.2 Å². The molecule has 0 amide bonds. The Bertz CT molecular complexity index is 692. The van der Waals surface area contributed by atoms with Gasteiger partial charge in [-0.1, -0.05) is 19.9 Å². The molecule has 148 valence electrons. The fourth-order valence-electron chi connectivity index (χ4n) is 2.03. The molecule has 0 aliphatic carbocycles. The van der Waals surface area contributed by atoms with Crippen molar-refractivity contribution < 1.29 is 28.5 Å². The van der Waals surface area contributed by atoms with E-state index in [1.54, 1.807) is 45.1 Å². The molecule has 0 bridgehead atoms. The summed E-state index contributed by atoms with van der Waals surface area (Å²) in [5, 5.41) is 0. The minimum Gasteiger partial charge on any atom is -0.493 e. The summed E-state index contributed by atoms with van der Waals surface area (Å²) in [4.78, 5) is 23.7. The average molecular weight is 376 g/mol. The SMILES string of the molecule is CC=C(C)C(=O)OC=CCc1cc(OC)c(OC(=O)[C@@H](C)CC)c(OC)c1. The maximum Gasteiger partial charge on any atom is 0.338 e. The molecule has 0 saturated heterocycles. The van der Waals surface area contributed by atoms with Gasteiger partial charge in [-0.2, -0.15) is 0 Å². The van der Waals surface area contributed by atoms with Gasteiger partial charge in [0, 0.05) is 5.57 Å². The number of carbonyl (C=O) groups excluding carboxylic acids is 2. The Morgan fingerprint density at radius 3 is 2.22 bits per heavy atom. The van der Waals surface area contributed by atoms with E-state index >= 15 is 0 Å². The molecule has 0 aromatic heterocycles. The van der Waals surface area contributed by atoms with Crippen LogP contribution in [0.1, 0.15) is 39.7 Å². The molecule has 1 rings (SSSR count). The molecule has 0 aliphatic heterocycles. The van der Waals surface area contributed by atoms with E-state index in [4.69, 9.17) is 18.9 Å².